The third kappa shape index (κ3) is 4.59. The van der Waals surface area contributed by atoms with E-state index in [0.717, 1.165) is 0 Å². The smallest absolute Gasteiger partial charge is 0.239 e. The molecule has 0 fully saturated rings. The van der Waals surface area contributed by atoms with Crippen LogP contribution in [0.3, 0.4) is 0 Å². The molecule has 116 valence electrons. The van der Waals surface area contributed by atoms with Crippen LogP contribution in [0.4, 0.5) is 5.69 Å². The van der Waals surface area contributed by atoms with E-state index in [1.54, 1.807) is 18.2 Å². The van der Waals surface area contributed by atoms with E-state index >= 15 is 0 Å². The summed E-state index contributed by atoms with van der Waals surface area (Å²) in [5.41, 5.74) is -0.883. The summed E-state index contributed by atoms with van der Waals surface area (Å²) in [5, 5.41) is 5.82. The van der Waals surface area contributed by atoms with Crippen molar-refractivity contribution < 1.29 is 14.3 Å². The SMILES string of the molecule is COCCNC(=O)C(C)(C)C(=O)Nc1cccc(Cl)c1Cl. The normalized spacial score (nSPS) is 11.1. The number of hydrogen-bond acceptors (Lipinski definition) is 3. The zero-order valence-corrected chi connectivity index (χ0v) is 13.6. The number of methoxy groups -OCH3 is 1. The molecule has 0 atom stereocenters. The maximum absolute atomic E-state index is 12.3. The van der Waals surface area contributed by atoms with Gasteiger partial charge in [-0.2, -0.15) is 0 Å². The fraction of sp³-hybridized carbons (Fsp3) is 0.429. The minimum Gasteiger partial charge on any atom is -0.383 e. The van der Waals surface area contributed by atoms with Gasteiger partial charge in [0.2, 0.25) is 11.8 Å². The first kappa shape index (κ1) is 17.8. The maximum atomic E-state index is 12.3. The molecular formula is C14H18Cl2N2O3. The number of rotatable bonds is 6. The van der Waals surface area contributed by atoms with Gasteiger partial charge in [-0.1, -0.05) is 29.3 Å². The predicted octanol–water partition coefficient (Wildman–Crippen LogP) is 2.72. The summed E-state index contributed by atoms with van der Waals surface area (Å²) in [6.07, 6.45) is 0. The van der Waals surface area contributed by atoms with Gasteiger partial charge >= 0.3 is 0 Å². The Morgan fingerprint density at radius 3 is 2.52 bits per heavy atom. The highest BCUT2D eigenvalue weighted by Gasteiger charge is 2.36. The van der Waals surface area contributed by atoms with Crippen molar-refractivity contribution in [3.8, 4) is 0 Å². The maximum Gasteiger partial charge on any atom is 0.239 e. The molecule has 0 aliphatic heterocycles. The average molecular weight is 333 g/mol. The Labute approximate surface area is 133 Å². The van der Waals surface area contributed by atoms with Crippen LogP contribution in [0, 0.1) is 5.41 Å². The summed E-state index contributed by atoms with van der Waals surface area (Å²) in [5.74, 6) is -0.864. The molecule has 0 unspecified atom stereocenters. The molecule has 5 nitrogen and oxygen atoms in total. The van der Waals surface area contributed by atoms with E-state index in [-0.39, 0.29) is 5.02 Å². The average Bonchev–Trinajstić information content (AvgIpc) is 2.43. The summed E-state index contributed by atoms with van der Waals surface area (Å²) in [6, 6.07) is 4.89. The van der Waals surface area contributed by atoms with Crippen LogP contribution < -0.4 is 10.6 Å². The summed E-state index contributed by atoms with van der Waals surface area (Å²) < 4.78 is 4.84. The van der Waals surface area contributed by atoms with Crippen LogP contribution in [0.15, 0.2) is 18.2 Å². The number of carbonyl (C=O) groups excluding carboxylic acids is 2. The Morgan fingerprint density at radius 1 is 1.24 bits per heavy atom. The van der Waals surface area contributed by atoms with Crippen molar-refractivity contribution in [2.45, 2.75) is 13.8 Å². The van der Waals surface area contributed by atoms with Crippen LogP contribution in [0.5, 0.6) is 0 Å². The number of benzene rings is 1. The first-order valence-electron chi connectivity index (χ1n) is 6.33. The number of carbonyl (C=O) groups is 2. The third-order valence-electron chi connectivity index (χ3n) is 2.93. The van der Waals surface area contributed by atoms with Gasteiger partial charge < -0.3 is 15.4 Å². The molecule has 0 saturated heterocycles. The highest BCUT2D eigenvalue weighted by Crippen LogP contribution is 2.30. The molecule has 0 bridgehead atoms. The molecular weight excluding hydrogens is 315 g/mol. The van der Waals surface area contributed by atoms with Gasteiger partial charge in [0.1, 0.15) is 5.41 Å². The van der Waals surface area contributed by atoms with Gasteiger partial charge in [-0.3, -0.25) is 9.59 Å². The monoisotopic (exact) mass is 332 g/mol. The molecule has 1 aromatic carbocycles. The van der Waals surface area contributed by atoms with Gasteiger partial charge in [0, 0.05) is 13.7 Å². The van der Waals surface area contributed by atoms with Crippen molar-refractivity contribution in [1.82, 2.24) is 5.32 Å². The number of hydrogen-bond donors (Lipinski definition) is 2. The summed E-state index contributed by atoms with van der Waals surface area (Å²) in [4.78, 5) is 24.3. The summed E-state index contributed by atoms with van der Waals surface area (Å²) >= 11 is 11.9. The number of amides is 2. The molecule has 0 aliphatic rings. The zero-order chi connectivity index (χ0) is 16.0. The van der Waals surface area contributed by atoms with Gasteiger partial charge in [-0.25, -0.2) is 0 Å². The van der Waals surface area contributed by atoms with E-state index in [0.29, 0.717) is 23.9 Å². The van der Waals surface area contributed by atoms with Gasteiger partial charge in [-0.05, 0) is 26.0 Å². The number of ether oxygens (including phenoxy) is 1. The second kappa shape index (κ2) is 7.64. The molecule has 0 radical (unpaired) electrons. The van der Waals surface area contributed by atoms with E-state index in [2.05, 4.69) is 10.6 Å². The van der Waals surface area contributed by atoms with Crippen molar-refractivity contribution >= 4 is 40.7 Å². The molecule has 1 aromatic rings. The minimum absolute atomic E-state index is 0.239. The largest absolute Gasteiger partial charge is 0.383 e. The first-order valence-corrected chi connectivity index (χ1v) is 7.09. The number of anilines is 1. The molecule has 2 N–H and O–H groups in total. The number of halogens is 2. The van der Waals surface area contributed by atoms with E-state index in [1.165, 1.54) is 21.0 Å². The Morgan fingerprint density at radius 2 is 1.90 bits per heavy atom. The lowest BCUT2D eigenvalue weighted by atomic mass is 9.91. The first-order chi connectivity index (χ1) is 9.80. The van der Waals surface area contributed by atoms with Crippen LogP contribution in [-0.4, -0.2) is 32.1 Å². The number of nitrogens with one attached hydrogen (secondary N) is 2. The molecule has 1 rings (SSSR count). The van der Waals surface area contributed by atoms with Gasteiger partial charge in [0.05, 0.1) is 22.3 Å². The van der Waals surface area contributed by atoms with Gasteiger partial charge in [0.25, 0.3) is 0 Å². The van der Waals surface area contributed by atoms with Crippen molar-refractivity contribution in [2.75, 3.05) is 25.6 Å². The van der Waals surface area contributed by atoms with Crippen molar-refractivity contribution in [3.05, 3.63) is 28.2 Å². The van der Waals surface area contributed by atoms with Gasteiger partial charge in [-0.15, -0.1) is 0 Å². The van der Waals surface area contributed by atoms with E-state index in [9.17, 15) is 9.59 Å². The zero-order valence-electron chi connectivity index (χ0n) is 12.1. The lowest BCUT2D eigenvalue weighted by Gasteiger charge is -2.23. The van der Waals surface area contributed by atoms with Crippen molar-refractivity contribution in [2.24, 2.45) is 5.41 Å². The second-order valence-corrected chi connectivity index (χ2v) is 5.71. The van der Waals surface area contributed by atoms with Gasteiger partial charge in [0.15, 0.2) is 0 Å². The summed E-state index contributed by atoms with van der Waals surface area (Å²) in [6.45, 7) is 3.78. The van der Waals surface area contributed by atoms with Crippen LogP contribution in [0.25, 0.3) is 0 Å². The fourth-order valence-corrected chi connectivity index (χ4v) is 1.82. The molecule has 7 heteroatoms. The van der Waals surface area contributed by atoms with E-state index in [1.807, 2.05) is 0 Å². The standard InChI is InChI=1S/C14H18Cl2N2O3/c1-14(2,12(19)17-7-8-21-3)13(20)18-10-6-4-5-9(15)11(10)16/h4-6H,7-8H2,1-3H3,(H,17,19)(H,18,20). The molecule has 0 spiro atoms. The topological polar surface area (TPSA) is 67.4 Å². The van der Waals surface area contributed by atoms with Crippen LogP contribution in [0.2, 0.25) is 10.0 Å². The lowest BCUT2D eigenvalue weighted by molar-refractivity contribution is -0.138. The summed E-state index contributed by atoms with van der Waals surface area (Å²) in [7, 11) is 1.53. The van der Waals surface area contributed by atoms with Crippen LogP contribution in [0.1, 0.15) is 13.8 Å². The van der Waals surface area contributed by atoms with Crippen LogP contribution >= 0.6 is 23.2 Å². The van der Waals surface area contributed by atoms with E-state index in [4.69, 9.17) is 27.9 Å². The highest BCUT2D eigenvalue weighted by atomic mass is 35.5. The second-order valence-electron chi connectivity index (χ2n) is 4.93. The fourth-order valence-electron chi connectivity index (χ4n) is 1.47. The molecule has 0 heterocycles. The quantitative estimate of drug-likeness (QED) is 0.621. The van der Waals surface area contributed by atoms with Crippen molar-refractivity contribution in [1.29, 1.82) is 0 Å². The van der Waals surface area contributed by atoms with Crippen molar-refractivity contribution in [3.63, 3.8) is 0 Å². The predicted molar refractivity (Wildman–Crippen MR) is 83.8 cm³/mol. The Bertz CT molecular complexity index is 533. The Hall–Kier alpha value is -1.30. The Balaban J connectivity index is 2.77. The molecule has 21 heavy (non-hydrogen) atoms. The minimum atomic E-state index is -1.25. The lowest BCUT2D eigenvalue weighted by Crippen LogP contribution is -2.46. The third-order valence-corrected chi connectivity index (χ3v) is 3.75. The molecule has 2 amide bonds. The Kier molecular flexibility index (Phi) is 6.45. The van der Waals surface area contributed by atoms with E-state index < -0.39 is 17.2 Å². The molecule has 0 saturated carbocycles. The van der Waals surface area contributed by atoms with Crippen LogP contribution in [-0.2, 0) is 14.3 Å². The molecule has 0 aromatic heterocycles. The molecule has 0 aliphatic carbocycles. The highest BCUT2D eigenvalue weighted by molar-refractivity contribution is 6.44.